The molecule has 0 bridgehead atoms. The van der Waals surface area contributed by atoms with E-state index < -0.39 is 0 Å². The third kappa shape index (κ3) is 4.47. The average Bonchev–Trinajstić information content (AvgIpc) is 2.71. The number of aryl methyl sites for hydroxylation is 1. The molecule has 0 spiro atoms. The van der Waals surface area contributed by atoms with Gasteiger partial charge >= 0.3 is 0 Å². The van der Waals surface area contributed by atoms with Gasteiger partial charge in [0.1, 0.15) is 11.6 Å². The van der Waals surface area contributed by atoms with E-state index in [1.54, 1.807) is 18.2 Å². The van der Waals surface area contributed by atoms with E-state index in [0.29, 0.717) is 17.6 Å². The molecular weight excluding hydrogens is 351 g/mol. The van der Waals surface area contributed by atoms with E-state index >= 15 is 0 Å². The Kier molecular flexibility index (Phi) is 5.51. The van der Waals surface area contributed by atoms with Crippen molar-refractivity contribution in [2.24, 2.45) is 5.92 Å². The number of rotatable bonds is 5. The Morgan fingerprint density at radius 3 is 2.46 bits per heavy atom. The Balaban J connectivity index is 1.42. The van der Waals surface area contributed by atoms with Gasteiger partial charge in [0.2, 0.25) is 5.95 Å². The number of nitrogens with zero attached hydrogens (tertiary/aromatic N) is 3. The van der Waals surface area contributed by atoms with Crippen molar-refractivity contribution >= 4 is 17.5 Å². The van der Waals surface area contributed by atoms with Gasteiger partial charge in [-0.25, -0.2) is 9.37 Å². The second-order valence-corrected chi connectivity index (χ2v) is 7.42. The largest absolute Gasteiger partial charge is 0.356 e. The van der Waals surface area contributed by atoms with Crippen LogP contribution in [0.2, 0.25) is 0 Å². The van der Waals surface area contributed by atoms with Gasteiger partial charge in [0, 0.05) is 24.8 Å². The highest BCUT2D eigenvalue weighted by Crippen LogP contribution is 2.26. The summed E-state index contributed by atoms with van der Waals surface area (Å²) >= 11 is 0. The smallest absolute Gasteiger partial charge is 0.229 e. The van der Waals surface area contributed by atoms with Gasteiger partial charge in [0.25, 0.3) is 0 Å². The first kappa shape index (κ1) is 18.4. The Hall–Kier alpha value is -2.95. The molecule has 2 aromatic carbocycles. The van der Waals surface area contributed by atoms with Crippen LogP contribution in [0.3, 0.4) is 0 Å². The fourth-order valence-electron chi connectivity index (χ4n) is 3.77. The number of hydrogen-bond acceptors (Lipinski definition) is 4. The van der Waals surface area contributed by atoms with Gasteiger partial charge in [0.15, 0.2) is 0 Å². The molecular formula is C23H25FN4. The van der Waals surface area contributed by atoms with Gasteiger partial charge in [-0.2, -0.15) is 4.98 Å². The van der Waals surface area contributed by atoms with Crippen LogP contribution in [0.1, 0.15) is 24.1 Å². The number of hydrogen-bond donors (Lipinski definition) is 1. The molecule has 1 fully saturated rings. The lowest BCUT2D eigenvalue weighted by Gasteiger charge is -2.33. The van der Waals surface area contributed by atoms with Gasteiger partial charge in [0.05, 0.1) is 5.69 Å². The van der Waals surface area contributed by atoms with Crippen molar-refractivity contribution in [3.63, 3.8) is 0 Å². The molecule has 4 rings (SSSR count). The van der Waals surface area contributed by atoms with Crippen LogP contribution < -0.4 is 10.2 Å². The van der Waals surface area contributed by atoms with E-state index in [4.69, 9.17) is 0 Å². The molecule has 1 saturated heterocycles. The van der Waals surface area contributed by atoms with Gasteiger partial charge in [-0.15, -0.1) is 0 Å². The summed E-state index contributed by atoms with van der Waals surface area (Å²) in [6.07, 6.45) is 3.43. The summed E-state index contributed by atoms with van der Waals surface area (Å²) in [5.74, 6) is 1.74. The number of para-hydroxylation sites is 1. The molecule has 28 heavy (non-hydrogen) atoms. The zero-order chi connectivity index (χ0) is 19.3. The molecule has 3 aromatic rings. The number of benzene rings is 2. The lowest BCUT2D eigenvalue weighted by atomic mass is 9.90. The lowest BCUT2D eigenvalue weighted by molar-refractivity contribution is 0.402. The van der Waals surface area contributed by atoms with Gasteiger partial charge in [-0.1, -0.05) is 42.5 Å². The van der Waals surface area contributed by atoms with Crippen molar-refractivity contribution in [1.29, 1.82) is 0 Å². The second kappa shape index (κ2) is 8.38. The maximum atomic E-state index is 13.9. The summed E-state index contributed by atoms with van der Waals surface area (Å²) < 4.78 is 13.9. The SMILES string of the molecule is Cc1cc(N2CCC(Cc3ccccc3)CC2)nc(Nc2ccccc2F)n1. The van der Waals surface area contributed by atoms with Crippen molar-refractivity contribution < 1.29 is 4.39 Å². The minimum Gasteiger partial charge on any atom is -0.356 e. The van der Waals surface area contributed by atoms with Crippen LogP contribution in [0.4, 0.5) is 21.8 Å². The summed E-state index contributed by atoms with van der Waals surface area (Å²) in [7, 11) is 0. The molecule has 0 saturated carbocycles. The summed E-state index contributed by atoms with van der Waals surface area (Å²) in [6.45, 7) is 3.90. The molecule has 1 aliphatic heterocycles. The van der Waals surface area contributed by atoms with Crippen LogP contribution >= 0.6 is 0 Å². The van der Waals surface area contributed by atoms with Crippen LogP contribution in [0.5, 0.6) is 0 Å². The predicted molar refractivity (Wildman–Crippen MR) is 112 cm³/mol. The van der Waals surface area contributed by atoms with Crippen LogP contribution in [-0.2, 0) is 6.42 Å². The number of piperidine rings is 1. The third-order valence-corrected chi connectivity index (χ3v) is 5.27. The van der Waals surface area contributed by atoms with Crippen LogP contribution in [0, 0.1) is 18.7 Å². The molecule has 144 valence electrons. The van der Waals surface area contributed by atoms with Crippen LogP contribution in [0.15, 0.2) is 60.7 Å². The summed E-state index contributed by atoms with van der Waals surface area (Å²) in [5.41, 5.74) is 2.67. The fraction of sp³-hybridized carbons (Fsp3) is 0.304. The average molecular weight is 376 g/mol. The summed E-state index contributed by atoms with van der Waals surface area (Å²) in [4.78, 5) is 11.4. The number of nitrogens with one attached hydrogen (secondary N) is 1. The van der Waals surface area contributed by atoms with Crippen LogP contribution in [0.25, 0.3) is 0 Å². The summed E-state index contributed by atoms with van der Waals surface area (Å²) in [6, 6.07) is 19.3. The number of aromatic nitrogens is 2. The molecule has 4 nitrogen and oxygen atoms in total. The molecule has 1 N–H and O–H groups in total. The van der Waals surface area contributed by atoms with E-state index in [-0.39, 0.29) is 5.82 Å². The molecule has 0 amide bonds. The van der Waals surface area contributed by atoms with Gasteiger partial charge in [-0.3, -0.25) is 0 Å². The molecule has 0 unspecified atom stereocenters. The third-order valence-electron chi connectivity index (χ3n) is 5.27. The van der Waals surface area contributed by atoms with E-state index in [9.17, 15) is 4.39 Å². The van der Waals surface area contributed by atoms with E-state index in [1.165, 1.54) is 11.6 Å². The van der Waals surface area contributed by atoms with Crippen molar-refractivity contribution in [3.05, 3.63) is 77.7 Å². The maximum absolute atomic E-state index is 13.9. The van der Waals surface area contributed by atoms with Crippen molar-refractivity contribution in [2.75, 3.05) is 23.3 Å². The zero-order valence-electron chi connectivity index (χ0n) is 16.1. The standard InChI is InChI=1S/C23H25FN4/c1-17-15-22(27-23(25-17)26-21-10-6-5-9-20(21)24)28-13-11-19(12-14-28)16-18-7-3-2-4-8-18/h2-10,15,19H,11-14,16H2,1H3,(H,25,26,27). The highest BCUT2D eigenvalue weighted by Gasteiger charge is 2.21. The Morgan fingerprint density at radius 2 is 1.71 bits per heavy atom. The van der Waals surface area contributed by atoms with E-state index in [0.717, 1.165) is 43.9 Å². The molecule has 0 radical (unpaired) electrons. The van der Waals surface area contributed by atoms with Gasteiger partial charge in [-0.05, 0) is 49.8 Å². The monoisotopic (exact) mass is 376 g/mol. The molecule has 1 aromatic heterocycles. The first-order chi connectivity index (χ1) is 13.7. The molecule has 1 aliphatic rings. The first-order valence-electron chi connectivity index (χ1n) is 9.83. The molecule has 0 atom stereocenters. The predicted octanol–water partition coefficient (Wildman–Crippen LogP) is 5.13. The molecule has 0 aliphatic carbocycles. The summed E-state index contributed by atoms with van der Waals surface area (Å²) in [5, 5.41) is 3.01. The van der Waals surface area contributed by atoms with E-state index in [1.807, 2.05) is 13.0 Å². The second-order valence-electron chi connectivity index (χ2n) is 7.42. The van der Waals surface area contributed by atoms with Gasteiger partial charge < -0.3 is 10.2 Å². The highest BCUT2D eigenvalue weighted by molar-refractivity contribution is 5.56. The Labute approximate surface area is 165 Å². The highest BCUT2D eigenvalue weighted by atomic mass is 19.1. The Morgan fingerprint density at radius 1 is 1.00 bits per heavy atom. The normalized spacial score (nSPS) is 14.9. The quantitative estimate of drug-likeness (QED) is 0.670. The number of anilines is 3. The van der Waals surface area contributed by atoms with Crippen molar-refractivity contribution in [2.45, 2.75) is 26.2 Å². The fourth-order valence-corrected chi connectivity index (χ4v) is 3.77. The molecule has 5 heteroatoms. The number of halogens is 1. The van der Waals surface area contributed by atoms with Crippen molar-refractivity contribution in [1.82, 2.24) is 9.97 Å². The molecule has 2 heterocycles. The zero-order valence-corrected chi connectivity index (χ0v) is 16.1. The minimum atomic E-state index is -0.309. The topological polar surface area (TPSA) is 41.1 Å². The van der Waals surface area contributed by atoms with Crippen molar-refractivity contribution in [3.8, 4) is 0 Å². The first-order valence-corrected chi connectivity index (χ1v) is 9.83. The lowest BCUT2D eigenvalue weighted by Crippen LogP contribution is -2.35. The van der Waals surface area contributed by atoms with E-state index in [2.05, 4.69) is 50.5 Å². The minimum absolute atomic E-state index is 0.309. The van der Waals surface area contributed by atoms with Crippen LogP contribution in [-0.4, -0.2) is 23.1 Å². The maximum Gasteiger partial charge on any atom is 0.229 e. The Bertz CT molecular complexity index is 921.